The molecule has 6 rings (SSSR count). The van der Waals surface area contributed by atoms with Gasteiger partial charge in [0.2, 0.25) is 0 Å². The predicted octanol–water partition coefficient (Wildman–Crippen LogP) is 6.21. The molecule has 1 saturated heterocycles. The van der Waals surface area contributed by atoms with Crippen LogP contribution in [0.3, 0.4) is 0 Å². The Morgan fingerprint density at radius 2 is 1.74 bits per heavy atom. The van der Waals surface area contributed by atoms with Crippen molar-refractivity contribution in [1.29, 1.82) is 0 Å². The van der Waals surface area contributed by atoms with E-state index in [0.717, 1.165) is 40.7 Å². The van der Waals surface area contributed by atoms with Crippen LogP contribution in [0.4, 0.5) is 0 Å². The van der Waals surface area contributed by atoms with Crippen LogP contribution < -0.4 is 0 Å². The number of rotatable bonds is 5. The molecule has 7 heteroatoms. The van der Waals surface area contributed by atoms with E-state index in [1.54, 1.807) is 19.1 Å². The molecule has 6 nitrogen and oxygen atoms in total. The van der Waals surface area contributed by atoms with Gasteiger partial charge in [0.15, 0.2) is 15.5 Å². The summed E-state index contributed by atoms with van der Waals surface area (Å²) in [7, 11) is -3.24. The number of nitrogens with one attached hydrogen (secondary N) is 1. The van der Waals surface area contributed by atoms with Gasteiger partial charge >= 0.3 is 0 Å². The third-order valence-electron chi connectivity index (χ3n) is 8.94. The Labute approximate surface area is 225 Å². The van der Waals surface area contributed by atoms with Crippen molar-refractivity contribution >= 4 is 20.9 Å². The number of aromatic nitrogens is 3. The van der Waals surface area contributed by atoms with E-state index >= 15 is 0 Å². The molecule has 0 bridgehead atoms. The van der Waals surface area contributed by atoms with Gasteiger partial charge in [0.25, 0.3) is 0 Å². The molecule has 0 amide bonds. The highest BCUT2D eigenvalue weighted by molar-refractivity contribution is 7.91. The summed E-state index contributed by atoms with van der Waals surface area (Å²) >= 11 is 0. The second-order valence-corrected chi connectivity index (χ2v) is 13.6. The zero-order valence-corrected chi connectivity index (χ0v) is 23.3. The summed E-state index contributed by atoms with van der Waals surface area (Å²) in [5.41, 5.74) is 7.80. The van der Waals surface area contributed by atoms with Crippen molar-refractivity contribution in [3.8, 4) is 22.4 Å². The third-order valence-corrected chi connectivity index (χ3v) is 10.7. The lowest BCUT2D eigenvalue weighted by atomic mass is 9.89. The van der Waals surface area contributed by atoms with Crippen LogP contribution in [-0.2, 0) is 22.7 Å². The smallest absolute Gasteiger partial charge is 0.178 e. The minimum absolute atomic E-state index is 0.0857. The fraction of sp³-hybridized carbons (Fsp3) is 0.419. The van der Waals surface area contributed by atoms with Crippen molar-refractivity contribution in [2.75, 3.05) is 12.3 Å². The highest BCUT2D eigenvalue weighted by Crippen LogP contribution is 2.38. The Hall–Kier alpha value is -3.03. The second kappa shape index (κ2) is 9.62. The fourth-order valence-corrected chi connectivity index (χ4v) is 7.39. The van der Waals surface area contributed by atoms with Gasteiger partial charge in [-0.3, -0.25) is 10.00 Å². The molecule has 0 spiro atoms. The summed E-state index contributed by atoms with van der Waals surface area (Å²) in [6.45, 7) is 7.76. The molecule has 2 atom stereocenters. The first-order chi connectivity index (χ1) is 18.3. The molecule has 2 aromatic heterocycles. The van der Waals surface area contributed by atoms with Crippen molar-refractivity contribution in [2.24, 2.45) is 0 Å². The first-order valence-corrected chi connectivity index (χ1v) is 15.5. The normalized spacial score (nSPS) is 22.4. The van der Waals surface area contributed by atoms with Crippen LogP contribution in [0.25, 0.3) is 33.4 Å². The molecule has 4 aromatic rings. The van der Waals surface area contributed by atoms with Crippen molar-refractivity contribution in [1.82, 2.24) is 20.1 Å². The second-order valence-electron chi connectivity index (χ2n) is 11.3. The molecule has 2 unspecified atom stereocenters. The number of benzene rings is 2. The topological polar surface area (TPSA) is 79.0 Å². The number of hydrogen-bond acceptors (Lipinski definition) is 5. The number of likely N-dealkylation sites (tertiary alicyclic amines) is 1. The van der Waals surface area contributed by atoms with E-state index in [0.29, 0.717) is 10.9 Å². The van der Waals surface area contributed by atoms with E-state index in [1.165, 1.54) is 48.9 Å². The SMILES string of the molecule is CCS(=O)(=O)c1ccc(-c2n[nH]c3ncc(-c4ccc5c(c4)CCC(C)(N4CCCC4C)CC5)cc23)cc1. The van der Waals surface area contributed by atoms with Crippen molar-refractivity contribution in [3.63, 3.8) is 0 Å². The van der Waals surface area contributed by atoms with Crippen LogP contribution in [0.5, 0.6) is 0 Å². The van der Waals surface area contributed by atoms with Gasteiger partial charge < -0.3 is 0 Å². The van der Waals surface area contributed by atoms with E-state index in [1.807, 2.05) is 18.3 Å². The molecule has 2 aromatic carbocycles. The first kappa shape index (κ1) is 25.3. The zero-order chi connectivity index (χ0) is 26.5. The number of fused-ring (bicyclic) bond motifs is 2. The average molecular weight is 529 g/mol. The molecular weight excluding hydrogens is 492 g/mol. The molecule has 1 N–H and O–H groups in total. The van der Waals surface area contributed by atoms with Crippen molar-refractivity contribution in [3.05, 3.63) is 65.9 Å². The van der Waals surface area contributed by atoms with Gasteiger partial charge in [-0.25, -0.2) is 13.4 Å². The van der Waals surface area contributed by atoms with Crippen LogP contribution in [0.2, 0.25) is 0 Å². The van der Waals surface area contributed by atoms with Gasteiger partial charge in [-0.05, 0) is 93.8 Å². The van der Waals surface area contributed by atoms with E-state index in [2.05, 4.69) is 58.2 Å². The quantitative estimate of drug-likeness (QED) is 0.312. The van der Waals surface area contributed by atoms with Gasteiger partial charge in [0, 0.05) is 34.3 Å². The van der Waals surface area contributed by atoms with Crippen LogP contribution in [-0.4, -0.2) is 52.4 Å². The van der Waals surface area contributed by atoms with Crippen LogP contribution in [0.15, 0.2) is 59.6 Å². The summed E-state index contributed by atoms with van der Waals surface area (Å²) in [6, 6.07) is 16.7. The molecule has 1 aliphatic carbocycles. The Kier molecular flexibility index (Phi) is 6.39. The number of pyridine rings is 1. The molecule has 198 valence electrons. The van der Waals surface area contributed by atoms with Gasteiger partial charge in [-0.15, -0.1) is 0 Å². The van der Waals surface area contributed by atoms with E-state index in [9.17, 15) is 8.42 Å². The maximum Gasteiger partial charge on any atom is 0.178 e. The number of H-pyrrole nitrogens is 1. The monoisotopic (exact) mass is 528 g/mol. The van der Waals surface area contributed by atoms with Crippen molar-refractivity contribution in [2.45, 2.75) is 75.8 Å². The Balaban J connectivity index is 1.30. The summed E-state index contributed by atoms with van der Waals surface area (Å²) in [5, 5.41) is 8.48. The fourth-order valence-electron chi connectivity index (χ4n) is 6.51. The van der Waals surface area contributed by atoms with Gasteiger partial charge in [-0.1, -0.05) is 37.3 Å². The minimum Gasteiger partial charge on any atom is -0.295 e. The predicted molar refractivity (Wildman–Crippen MR) is 153 cm³/mol. The van der Waals surface area contributed by atoms with E-state index in [-0.39, 0.29) is 11.3 Å². The third kappa shape index (κ3) is 4.46. The largest absolute Gasteiger partial charge is 0.295 e. The lowest BCUT2D eigenvalue weighted by Gasteiger charge is -2.41. The molecule has 38 heavy (non-hydrogen) atoms. The van der Waals surface area contributed by atoms with E-state index < -0.39 is 9.84 Å². The van der Waals surface area contributed by atoms with Gasteiger partial charge in [0.05, 0.1) is 10.6 Å². The molecule has 0 saturated carbocycles. The lowest BCUT2D eigenvalue weighted by molar-refractivity contribution is 0.0821. The first-order valence-electron chi connectivity index (χ1n) is 13.8. The Morgan fingerprint density at radius 1 is 1.00 bits per heavy atom. The van der Waals surface area contributed by atoms with Crippen LogP contribution >= 0.6 is 0 Å². The molecule has 1 fully saturated rings. The number of hydrogen-bond donors (Lipinski definition) is 1. The number of aryl methyl sites for hydroxylation is 2. The van der Waals surface area contributed by atoms with E-state index in [4.69, 9.17) is 0 Å². The number of sulfone groups is 1. The van der Waals surface area contributed by atoms with Gasteiger partial charge in [0.1, 0.15) is 5.69 Å². The van der Waals surface area contributed by atoms with Crippen LogP contribution in [0.1, 0.15) is 57.6 Å². The summed E-state index contributed by atoms with van der Waals surface area (Å²) in [6.07, 6.45) is 9.19. The molecule has 3 heterocycles. The molecule has 1 aliphatic heterocycles. The molecular formula is C31H36N4O2S. The Bertz CT molecular complexity index is 1590. The summed E-state index contributed by atoms with van der Waals surface area (Å²) < 4.78 is 24.4. The highest BCUT2D eigenvalue weighted by Gasteiger charge is 2.38. The minimum atomic E-state index is -3.24. The zero-order valence-electron chi connectivity index (χ0n) is 22.5. The lowest BCUT2D eigenvalue weighted by Crippen LogP contribution is -2.48. The highest BCUT2D eigenvalue weighted by atomic mass is 32.2. The van der Waals surface area contributed by atoms with Gasteiger partial charge in [-0.2, -0.15) is 5.10 Å². The maximum atomic E-state index is 12.2. The summed E-state index contributed by atoms with van der Waals surface area (Å²) in [4.78, 5) is 7.77. The van der Waals surface area contributed by atoms with Crippen molar-refractivity contribution < 1.29 is 8.42 Å². The Morgan fingerprint density at radius 3 is 2.45 bits per heavy atom. The summed E-state index contributed by atoms with van der Waals surface area (Å²) in [5.74, 6) is 0.0857. The number of aromatic amines is 1. The standard InChI is InChI=1S/C31H36N4O2S/c1-4-38(36,37)27-11-9-23(10-12-27)29-28-19-26(20-32-30(28)34-33-29)24-8-7-22-13-15-31(3,16-14-25(22)18-24)35-17-5-6-21(35)2/h7-12,18-21H,4-6,13-17H2,1-3H3,(H,32,33,34). The maximum absolute atomic E-state index is 12.2. The molecule has 2 aliphatic rings. The number of nitrogens with zero attached hydrogens (tertiary/aromatic N) is 3. The molecule has 0 radical (unpaired) electrons. The van der Waals surface area contributed by atoms with Crippen LogP contribution in [0, 0.1) is 0 Å². The average Bonchev–Trinajstić information content (AvgIpc) is 3.53.